The predicted molar refractivity (Wildman–Crippen MR) is 135 cm³/mol. The number of fused-ring (bicyclic) bond motifs is 3. The zero-order chi connectivity index (χ0) is 23.4. The van der Waals surface area contributed by atoms with Crippen molar-refractivity contribution in [3.8, 4) is 5.75 Å². The summed E-state index contributed by atoms with van der Waals surface area (Å²) in [5, 5.41) is 14.9. The maximum Gasteiger partial charge on any atom is 0.229 e. The number of aliphatic hydroxyl groups is 1. The number of aryl methyl sites for hydroxylation is 2. The van der Waals surface area contributed by atoms with Gasteiger partial charge in [-0.1, -0.05) is 12.5 Å². The fraction of sp³-hybridized carbons (Fsp3) is 0.417. The van der Waals surface area contributed by atoms with Gasteiger partial charge in [0.05, 0.1) is 18.0 Å². The van der Waals surface area contributed by atoms with Gasteiger partial charge in [-0.25, -0.2) is 8.42 Å². The van der Waals surface area contributed by atoms with E-state index in [2.05, 4.69) is 43.1 Å². The van der Waals surface area contributed by atoms with Crippen molar-refractivity contribution < 1.29 is 18.3 Å². The van der Waals surface area contributed by atoms with E-state index >= 15 is 0 Å². The summed E-state index contributed by atoms with van der Waals surface area (Å²) in [4.78, 5) is 3.57. The van der Waals surface area contributed by atoms with Crippen molar-refractivity contribution in [2.24, 2.45) is 0 Å². The Balaban J connectivity index is 1.28. The smallest absolute Gasteiger partial charge is 0.229 e. The first-order valence-electron chi connectivity index (χ1n) is 11.2. The first kappa shape index (κ1) is 24.1. The van der Waals surface area contributed by atoms with Crippen LogP contribution in [0.3, 0.4) is 0 Å². The van der Waals surface area contributed by atoms with Crippen LogP contribution in [-0.2, 0) is 22.9 Å². The molecule has 9 heteroatoms. The van der Waals surface area contributed by atoms with E-state index in [4.69, 9.17) is 4.74 Å². The predicted octanol–water partition coefficient (Wildman–Crippen LogP) is 4.27. The van der Waals surface area contributed by atoms with Crippen LogP contribution in [0.15, 0.2) is 40.9 Å². The minimum absolute atomic E-state index is 0.327. The number of anilines is 1. The molecule has 178 valence electrons. The second-order valence-corrected chi connectivity index (χ2v) is 11.1. The molecule has 0 bridgehead atoms. The molecule has 1 atom stereocenters. The van der Waals surface area contributed by atoms with Crippen LogP contribution in [-0.4, -0.2) is 44.5 Å². The maximum atomic E-state index is 11.5. The molecule has 3 aromatic rings. The Bertz CT molecular complexity index is 1230. The van der Waals surface area contributed by atoms with Crippen molar-refractivity contribution in [1.29, 1.82) is 0 Å². The summed E-state index contributed by atoms with van der Waals surface area (Å²) < 4.78 is 32.0. The van der Waals surface area contributed by atoms with Crippen LogP contribution >= 0.6 is 15.9 Å². The molecule has 1 aliphatic rings. The van der Waals surface area contributed by atoms with Gasteiger partial charge in [0.2, 0.25) is 10.0 Å². The Morgan fingerprint density at radius 2 is 1.97 bits per heavy atom. The first-order chi connectivity index (χ1) is 15.8. The summed E-state index contributed by atoms with van der Waals surface area (Å²) >= 11 is 3.32. The number of ether oxygens (including phenoxy) is 1. The lowest BCUT2D eigenvalue weighted by Crippen LogP contribution is -2.26. The van der Waals surface area contributed by atoms with Crippen LogP contribution in [0.4, 0.5) is 5.69 Å². The number of aromatic nitrogens is 1. The SMILES string of the molecule is CS(=O)(=O)Nc1cc([C@@H](O)CNCCOc2ccc3[nH]c4c(c3c2)CCCCC4)ccc1Br. The largest absolute Gasteiger partial charge is 0.492 e. The second kappa shape index (κ2) is 10.5. The van der Waals surface area contributed by atoms with Crippen molar-refractivity contribution >= 4 is 42.5 Å². The molecular formula is C24H30BrN3O4S. The van der Waals surface area contributed by atoms with Crippen LogP contribution in [0.1, 0.15) is 42.2 Å². The Morgan fingerprint density at radius 3 is 2.79 bits per heavy atom. The van der Waals surface area contributed by atoms with E-state index in [1.54, 1.807) is 18.2 Å². The van der Waals surface area contributed by atoms with Gasteiger partial charge in [-0.05, 0) is 83.1 Å². The third kappa shape index (κ3) is 6.29. The van der Waals surface area contributed by atoms with Crippen molar-refractivity contribution in [1.82, 2.24) is 10.3 Å². The van der Waals surface area contributed by atoms with E-state index in [-0.39, 0.29) is 0 Å². The fourth-order valence-electron chi connectivity index (χ4n) is 4.28. The van der Waals surface area contributed by atoms with Gasteiger partial charge in [-0.3, -0.25) is 4.72 Å². The van der Waals surface area contributed by atoms with Gasteiger partial charge >= 0.3 is 0 Å². The summed E-state index contributed by atoms with van der Waals surface area (Å²) in [5.41, 5.74) is 5.01. The van der Waals surface area contributed by atoms with E-state index in [9.17, 15) is 13.5 Å². The highest BCUT2D eigenvalue weighted by Gasteiger charge is 2.15. The summed E-state index contributed by atoms with van der Waals surface area (Å²) in [6.45, 7) is 1.38. The Hall–Kier alpha value is -2.07. The lowest BCUT2D eigenvalue weighted by Gasteiger charge is -2.15. The average Bonchev–Trinajstić information content (AvgIpc) is 2.94. The van der Waals surface area contributed by atoms with Gasteiger partial charge in [0.15, 0.2) is 0 Å². The molecule has 0 aliphatic heterocycles. The molecule has 4 rings (SSSR count). The molecule has 0 unspecified atom stereocenters. The number of hydrogen-bond donors (Lipinski definition) is 4. The molecule has 0 saturated carbocycles. The third-order valence-corrected chi connectivity index (χ3v) is 7.16. The first-order valence-corrected chi connectivity index (χ1v) is 13.9. The Labute approximate surface area is 203 Å². The van der Waals surface area contributed by atoms with Gasteiger partial charge in [0.1, 0.15) is 12.4 Å². The molecule has 33 heavy (non-hydrogen) atoms. The standard InChI is InChI=1S/C24H30BrN3O4S/c1-33(30,31)28-23-13-16(7-9-20(23)25)24(29)15-26-11-12-32-17-8-10-22-19(14-17)18-5-3-2-4-6-21(18)27-22/h7-10,13-14,24,26-29H,2-6,11-12,15H2,1H3/t24-/m0/s1. The molecule has 0 amide bonds. The molecule has 2 aromatic carbocycles. The monoisotopic (exact) mass is 535 g/mol. The maximum absolute atomic E-state index is 11.5. The molecule has 0 saturated heterocycles. The van der Waals surface area contributed by atoms with Crippen LogP contribution < -0.4 is 14.8 Å². The number of hydrogen-bond acceptors (Lipinski definition) is 5. The van der Waals surface area contributed by atoms with Gasteiger partial charge in [-0.2, -0.15) is 0 Å². The number of nitrogens with one attached hydrogen (secondary N) is 3. The van der Waals surface area contributed by atoms with Crippen LogP contribution in [0.2, 0.25) is 0 Å². The lowest BCUT2D eigenvalue weighted by molar-refractivity contribution is 0.172. The molecule has 0 fully saturated rings. The van der Waals surface area contributed by atoms with Gasteiger partial charge in [-0.15, -0.1) is 0 Å². The minimum Gasteiger partial charge on any atom is -0.492 e. The zero-order valence-electron chi connectivity index (χ0n) is 18.7. The van der Waals surface area contributed by atoms with Crippen LogP contribution in [0, 0.1) is 0 Å². The van der Waals surface area contributed by atoms with Crippen molar-refractivity contribution in [3.63, 3.8) is 0 Å². The zero-order valence-corrected chi connectivity index (χ0v) is 21.1. The molecule has 0 spiro atoms. The van der Waals surface area contributed by atoms with Gasteiger partial charge in [0, 0.05) is 34.2 Å². The van der Waals surface area contributed by atoms with Crippen molar-refractivity contribution in [3.05, 3.63) is 57.7 Å². The average molecular weight is 536 g/mol. The molecule has 7 nitrogen and oxygen atoms in total. The van der Waals surface area contributed by atoms with Crippen LogP contribution in [0.25, 0.3) is 10.9 Å². The van der Waals surface area contributed by atoms with Crippen molar-refractivity contribution in [2.75, 3.05) is 30.7 Å². The molecular weight excluding hydrogens is 506 g/mol. The summed E-state index contributed by atoms with van der Waals surface area (Å²) in [5.74, 6) is 0.847. The highest BCUT2D eigenvalue weighted by atomic mass is 79.9. The van der Waals surface area contributed by atoms with Crippen molar-refractivity contribution in [2.45, 2.75) is 38.2 Å². The van der Waals surface area contributed by atoms with E-state index in [1.165, 1.54) is 41.4 Å². The van der Waals surface area contributed by atoms with E-state index in [0.717, 1.165) is 24.8 Å². The number of benzene rings is 2. The van der Waals surface area contributed by atoms with Gasteiger partial charge < -0.3 is 20.1 Å². The van der Waals surface area contributed by atoms with E-state index < -0.39 is 16.1 Å². The lowest BCUT2D eigenvalue weighted by atomic mass is 10.1. The number of sulfonamides is 1. The third-order valence-electron chi connectivity index (χ3n) is 5.88. The van der Waals surface area contributed by atoms with E-state index in [1.807, 2.05) is 6.07 Å². The summed E-state index contributed by atoms with van der Waals surface area (Å²) in [6.07, 6.45) is 6.33. The number of aliphatic hydroxyl groups excluding tert-OH is 1. The molecule has 0 radical (unpaired) electrons. The highest BCUT2D eigenvalue weighted by molar-refractivity contribution is 9.10. The number of rotatable bonds is 9. The molecule has 4 N–H and O–H groups in total. The fourth-order valence-corrected chi connectivity index (χ4v) is 5.32. The second-order valence-electron chi connectivity index (χ2n) is 8.53. The minimum atomic E-state index is -3.41. The topological polar surface area (TPSA) is 103 Å². The Morgan fingerprint density at radius 1 is 1.15 bits per heavy atom. The highest BCUT2D eigenvalue weighted by Crippen LogP contribution is 2.31. The van der Waals surface area contributed by atoms with Crippen LogP contribution in [0.5, 0.6) is 5.75 Å². The quantitative estimate of drug-likeness (QED) is 0.242. The molecule has 1 heterocycles. The van der Waals surface area contributed by atoms with E-state index in [0.29, 0.717) is 35.4 Å². The molecule has 1 aliphatic carbocycles. The molecule has 1 aromatic heterocycles. The summed E-state index contributed by atoms with van der Waals surface area (Å²) in [7, 11) is -3.41. The van der Waals surface area contributed by atoms with Gasteiger partial charge in [0.25, 0.3) is 0 Å². The normalized spacial score (nSPS) is 15.1. The number of aromatic amines is 1. The number of halogens is 1. The Kier molecular flexibility index (Phi) is 7.63. The number of H-pyrrole nitrogens is 1. The summed E-state index contributed by atoms with van der Waals surface area (Å²) in [6, 6.07) is 11.3.